The molecule has 0 heterocycles. The zero-order chi connectivity index (χ0) is 17.0. The van der Waals surface area contributed by atoms with Gasteiger partial charge in [-0.15, -0.1) is 0 Å². The normalized spacial score (nSPS) is 12.2. The van der Waals surface area contributed by atoms with Crippen molar-refractivity contribution in [3.05, 3.63) is 54.6 Å². The Morgan fingerprint density at radius 2 is 1.17 bits per heavy atom. The molecule has 0 aliphatic carbocycles. The highest BCUT2D eigenvalue weighted by Crippen LogP contribution is 2.18. The van der Waals surface area contributed by atoms with E-state index in [0.29, 0.717) is 0 Å². The van der Waals surface area contributed by atoms with Crippen LogP contribution in [0.15, 0.2) is 54.6 Å². The van der Waals surface area contributed by atoms with Gasteiger partial charge in [0.25, 0.3) is 0 Å². The molecule has 1 heteroatoms. The molecule has 1 atom stereocenters. The van der Waals surface area contributed by atoms with Gasteiger partial charge < -0.3 is 0 Å². The van der Waals surface area contributed by atoms with E-state index in [1.165, 1.54) is 68.5 Å². The Bertz CT molecular complexity index is 544. The molecule has 24 heavy (non-hydrogen) atoms. The first kappa shape index (κ1) is 19.0. The van der Waals surface area contributed by atoms with Gasteiger partial charge in [0.2, 0.25) is 0 Å². The molecule has 0 radical (unpaired) electrons. The molecule has 2 rings (SSSR count). The topological polar surface area (TPSA) is 0 Å². The van der Waals surface area contributed by atoms with Crippen LogP contribution in [0.1, 0.15) is 58.3 Å². The first-order valence-electron chi connectivity index (χ1n) is 9.96. The Hall–Kier alpha value is -1.34. The summed E-state index contributed by atoms with van der Waals surface area (Å²) in [6, 6.07) is 21.5. The third kappa shape index (κ3) is 6.65. The van der Waals surface area contributed by atoms with Crippen LogP contribution >= 0.6 is 0 Å². The summed E-state index contributed by atoms with van der Waals surface area (Å²) in [5.74, 6) is 0. The molecule has 0 aromatic heterocycles. The first-order chi connectivity index (χ1) is 11.8. The van der Waals surface area contributed by atoms with E-state index in [0.717, 1.165) is 0 Å². The molecule has 0 nitrogen and oxygen atoms in total. The summed E-state index contributed by atoms with van der Waals surface area (Å²) in [4.78, 5) is 0. The number of hydrogen-bond donors (Lipinski definition) is 0. The standard InChI is InChI=1S/C23H34Si/c1-3-4-5-6-7-8-9-13-20-24(2)23-18-16-22(17-19-23)21-14-11-10-12-15-21/h10-12,14-19,24H,3-9,13,20H2,1-2H3. The summed E-state index contributed by atoms with van der Waals surface area (Å²) >= 11 is 0. The summed E-state index contributed by atoms with van der Waals surface area (Å²) in [6.45, 7) is 4.80. The highest BCUT2D eigenvalue weighted by atomic mass is 28.3. The van der Waals surface area contributed by atoms with Crippen molar-refractivity contribution in [2.24, 2.45) is 0 Å². The number of unbranched alkanes of at least 4 members (excludes halogenated alkanes) is 7. The monoisotopic (exact) mass is 338 g/mol. The molecule has 0 amide bonds. The summed E-state index contributed by atoms with van der Waals surface area (Å²) in [7, 11) is -0.745. The SMILES string of the molecule is CCCCCCCCCC[SiH](C)c1ccc(-c2ccccc2)cc1. The van der Waals surface area contributed by atoms with Crippen molar-refractivity contribution in [3.63, 3.8) is 0 Å². The van der Waals surface area contributed by atoms with E-state index in [9.17, 15) is 0 Å². The molecule has 0 saturated heterocycles. The van der Waals surface area contributed by atoms with Gasteiger partial charge in [-0.05, 0) is 11.1 Å². The summed E-state index contributed by atoms with van der Waals surface area (Å²) in [5.41, 5.74) is 2.66. The predicted molar refractivity (Wildman–Crippen MR) is 112 cm³/mol. The second-order valence-electron chi connectivity index (χ2n) is 7.15. The number of rotatable bonds is 11. The molecule has 130 valence electrons. The second kappa shape index (κ2) is 11.3. The maximum atomic E-state index is 2.51. The van der Waals surface area contributed by atoms with Crippen LogP contribution in [0.4, 0.5) is 0 Å². The second-order valence-corrected chi connectivity index (χ2v) is 10.2. The van der Waals surface area contributed by atoms with Crippen LogP contribution < -0.4 is 5.19 Å². The van der Waals surface area contributed by atoms with Gasteiger partial charge >= 0.3 is 0 Å². The largest absolute Gasteiger partial charge is 0.0680 e. The third-order valence-corrected chi connectivity index (χ3v) is 7.87. The molecule has 1 unspecified atom stereocenters. The van der Waals surface area contributed by atoms with Crippen molar-refractivity contribution in [1.82, 2.24) is 0 Å². The van der Waals surface area contributed by atoms with E-state index in [4.69, 9.17) is 0 Å². The van der Waals surface area contributed by atoms with E-state index in [-0.39, 0.29) is 0 Å². The van der Waals surface area contributed by atoms with Crippen molar-refractivity contribution in [2.75, 3.05) is 0 Å². The Morgan fingerprint density at radius 1 is 0.625 bits per heavy atom. The van der Waals surface area contributed by atoms with Crippen molar-refractivity contribution in [2.45, 2.75) is 70.9 Å². The van der Waals surface area contributed by atoms with Crippen LogP contribution in [0.5, 0.6) is 0 Å². The maximum absolute atomic E-state index is 2.51. The lowest BCUT2D eigenvalue weighted by molar-refractivity contribution is 0.584. The zero-order valence-electron chi connectivity index (χ0n) is 15.6. The molecule has 2 aromatic carbocycles. The van der Waals surface area contributed by atoms with Gasteiger partial charge in [-0.1, -0.05) is 131 Å². The van der Waals surface area contributed by atoms with E-state index in [2.05, 4.69) is 68.1 Å². The van der Waals surface area contributed by atoms with E-state index in [1.54, 1.807) is 5.19 Å². The fourth-order valence-corrected chi connectivity index (χ4v) is 5.47. The number of hydrogen-bond acceptors (Lipinski definition) is 0. The molecule has 0 saturated carbocycles. The van der Waals surface area contributed by atoms with Gasteiger partial charge in [0.1, 0.15) is 0 Å². The highest BCUT2D eigenvalue weighted by Gasteiger charge is 2.07. The lowest BCUT2D eigenvalue weighted by Gasteiger charge is -2.11. The van der Waals surface area contributed by atoms with Crippen LogP contribution in [0, 0.1) is 0 Å². The van der Waals surface area contributed by atoms with Crippen molar-refractivity contribution < 1.29 is 0 Å². The fourth-order valence-electron chi connectivity index (χ4n) is 3.39. The quantitative estimate of drug-likeness (QED) is 0.321. The van der Waals surface area contributed by atoms with Gasteiger partial charge in [-0.25, -0.2) is 0 Å². The average molecular weight is 339 g/mol. The van der Waals surface area contributed by atoms with Gasteiger partial charge in [0.15, 0.2) is 0 Å². The summed E-state index contributed by atoms with van der Waals surface area (Å²) in [5, 5.41) is 1.62. The molecule has 0 fully saturated rings. The van der Waals surface area contributed by atoms with Gasteiger partial charge in [-0.3, -0.25) is 0 Å². The van der Waals surface area contributed by atoms with Crippen LogP contribution in [0.2, 0.25) is 12.6 Å². The van der Waals surface area contributed by atoms with E-state index >= 15 is 0 Å². The average Bonchev–Trinajstić information content (AvgIpc) is 2.64. The minimum absolute atomic E-state index is 0.745. The smallest absolute Gasteiger partial charge is 0.0677 e. The summed E-state index contributed by atoms with van der Waals surface area (Å²) in [6.07, 6.45) is 11.4. The molecule has 0 N–H and O–H groups in total. The van der Waals surface area contributed by atoms with E-state index in [1.807, 2.05) is 0 Å². The van der Waals surface area contributed by atoms with Gasteiger partial charge in [0, 0.05) is 0 Å². The molecule has 0 aliphatic rings. The minimum atomic E-state index is -0.745. The zero-order valence-corrected chi connectivity index (χ0v) is 16.8. The Kier molecular flexibility index (Phi) is 8.90. The van der Waals surface area contributed by atoms with Crippen LogP contribution in [-0.2, 0) is 0 Å². The molecule has 0 aliphatic heterocycles. The molecule has 0 spiro atoms. The minimum Gasteiger partial charge on any atom is -0.0680 e. The van der Waals surface area contributed by atoms with Gasteiger partial charge in [0.05, 0.1) is 8.80 Å². The van der Waals surface area contributed by atoms with Crippen LogP contribution in [-0.4, -0.2) is 8.80 Å². The van der Waals surface area contributed by atoms with Crippen LogP contribution in [0.3, 0.4) is 0 Å². The van der Waals surface area contributed by atoms with E-state index < -0.39 is 8.80 Å². The first-order valence-corrected chi connectivity index (χ1v) is 12.5. The van der Waals surface area contributed by atoms with Gasteiger partial charge in [-0.2, -0.15) is 0 Å². The number of benzene rings is 2. The molecule has 0 bridgehead atoms. The molecular weight excluding hydrogens is 304 g/mol. The summed E-state index contributed by atoms with van der Waals surface area (Å²) < 4.78 is 0. The van der Waals surface area contributed by atoms with Crippen molar-refractivity contribution in [3.8, 4) is 11.1 Å². The maximum Gasteiger partial charge on any atom is 0.0677 e. The van der Waals surface area contributed by atoms with Crippen molar-refractivity contribution in [1.29, 1.82) is 0 Å². The third-order valence-electron chi connectivity index (χ3n) is 5.08. The predicted octanol–water partition coefficient (Wildman–Crippen LogP) is 6.56. The Balaban J connectivity index is 1.68. The Morgan fingerprint density at radius 3 is 1.79 bits per heavy atom. The highest BCUT2D eigenvalue weighted by molar-refractivity contribution is 6.72. The fraction of sp³-hybridized carbons (Fsp3) is 0.478. The molecule has 2 aromatic rings. The lowest BCUT2D eigenvalue weighted by atomic mass is 10.1. The molecular formula is C23H34Si. The lowest BCUT2D eigenvalue weighted by Crippen LogP contribution is -2.25. The van der Waals surface area contributed by atoms with Crippen molar-refractivity contribution >= 4 is 14.0 Å². The van der Waals surface area contributed by atoms with Crippen LogP contribution in [0.25, 0.3) is 11.1 Å². The Labute approximate surface area is 150 Å².